The van der Waals surface area contributed by atoms with Crippen LogP contribution in [0.15, 0.2) is 0 Å². The van der Waals surface area contributed by atoms with E-state index < -0.39 is 16.8 Å². The van der Waals surface area contributed by atoms with Gasteiger partial charge in [0, 0.05) is 20.3 Å². The summed E-state index contributed by atoms with van der Waals surface area (Å²) in [5, 5.41) is 0. The van der Waals surface area contributed by atoms with Crippen LogP contribution in [0.4, 0.5) is 0 Å². The van der Waals surface area contributed by atoms with Crippen molar-refractivity contribution < 1.29 is 8.85 Å². The maximum Gasteiger partial charge on any atom is 0.335 e. The van der Waals surface area contributed by atoms with Gasteiger partial charge in [-0.1, -0.05) is 34.1 Å². The molecule has 0 saturated heterocycles. The minimum absolute atomic E-state index is 1.08. The monoisotopic (exact) mass is 319 g/mol. The Balaban J connectivity index is 4.87. The van der Waals surface area contributed by atoms with Crippen molar-refractivity contribution in [1.29, 1.82) is 0 Å². The minimum atomic E-state index is -1.94. The van der Waals surface area contributed by atoms with Crippen LogP contribution in [0.5, 0.6) is 0 Å². The summed E-state index contributed by atoms with van der Waals surface area (Å²) in [5.41, 5.74) is 0. The van der Waals surface area contributed by atoms with Crippen molar-refractivity contribution in [1.82, 2.24) is 4.57 Å². The Morgan fingerprint density at radius 2 is 1.35 bits per heavy atom. The fraction of sp³-hybridized carbons (Fsp3) is 1.00. The van der Waals surface area contributed by atoms with E-state index in [1.807, 2.05) is 0 Å². The Kier molecular flexibility index (Phi) is 10.3. The van der Waals surface area contributed by atoms with Crippen LogP contribution < -0.4 is 0 Å². The molecular weight excluding hydrogens is 282 g/mol. The summed E-state index contributed by atoms with van der Waals surface area (Å²) in [5.74, 6) is 0. The zero-order chi connectivity index (χ0) is 15.6. The van der Waals surface area contributed by atoms with E-state index in [-0.39, 0.29) is 0 Å². The van der Waals surface area contributed by atoms with Crippen LogP contribution in [-0.2, 0) is 8.85 Å². The lowest BCUT2D eigenvalue weighted by molar-refractivity contribution is 0.244. The lowest BCUT2D eigenvalue weighted by Gasteiger charge is -2.42. The lowest BCUT2D eigenvalue weighted by atomic mass is 10.3. The molecule has 0 amide bonds. The molecule has 0 aliphatic heterocycles. The first-order valence-electron chi connectivity index (χ1n) is 8.32. The van der Waals surface area contributed by atoms with Crippen molar-refractivity contribution >= 4 is 16.8 Å². The van der Waals surface area contributed by atoms with Gasteiger partial charge in [0.1, 0.15) is 8.24 Å². The Bertz CT molecular complexity index is 236. The quantitative estimate of drug-likeness (QED) is 0.496. The highest BCUT2D eigenvalue weighted by molar-refractivity contribution is 6.77. The summed E-state index contributed by atoms with van der Waals surface area (Å²) in [6.07, 6.45) is 2.59. The molecule has 0 atom stereocenters. The molecule has 20 heavy (non-hydrogen) atoms. The number of nitrogens with zero attached hydrogens (tertiary/aromatic N) is 1. The molecule has 0 radical (unpaired) electrons. The van der Waals surface area contributed by atoms with Crippen molar-refractivity contribution in [2.75, 3.05) is 27.3 Å². The lowest BCUT2D eigenvalue weighted by Crippen LogP contribution is -2.54. The molecule has 0 aromatic heterocycles. The largest absolute Gasteiger partial charge is 0.398 e. The molecule has 0 N–H and O–H groups in total. The third-order valence-corrected chi connectivity index (χ3v) is 13.7. The van der Waals surface area contributed by atoms with Gasteiger partial charge >= 0.3 is 8.56 Å². The van der Waals surface area contributed by atoms with Crippen LogP contribution >= 0.6 is 0 Å². The summed E-state index contributed by atoms with van der Waals surface area (Å²) < 4.78 is 14.2. The van der Waals surface area contributed by atoms with Gasteiger partial charge in [0.2, 0.25) is 0 Å². The third kappa shape index (κ3) is 5.60. The van der Waals surface area contributed by atoms with Crippen LogP contribution in [-0.4, -0.2) is 48.7 Å². The summed E-state index contributed by atoms with van der Waals surface area (Å²) >= 11 is 0. The molecule has 0 aliphatic carbocycles. The van der Waals surface area contributed by atoms with Gasteiger partial charge in [-0.15, -0.1) is 0 Å². The smallest absolute Gasteiger partial charge is 0.335 e. The van der Waals surface area contributed by atoms with Crippen LogP contribution in [0.2, 0.25) is 30.7 Å². The fourth-order valence-electron chi connectivity index (χ4n) is 2.98. The first-order valence-corrected chi connectivity index (χ1v) is 13.4. The Morgan fingerprint density at radius 1 is 0.850 bits per heavy atom. The molecule has 0 spiro atoms. The van der Waals surface area contributed by atoms with E-state index in [1.165, 1.54) is 37.5 Å². The van der Waals surface area contributed by atoms with E-state index in [0.717, 1.165) is 12.6 Å². The zero-order valence-corrected chi connectivity index (χ0v) is 16.9. The second-order valence-corrected chi connectivity index (χ2v) is 14.7. The number of unbranched alkanes of at least 4 members (excludes halogenated alkanes) is 1. The second-order valence-electron chi connectivity index (χ2n) is 5.92. The van der Waals surface area contributed by atoms with Crippen LogP contribution in [0.1, 0.15) is 40.5 Å². The summed E-state index contributed by atoms with van der Waals surface area (Å²) in [7, 11) is 0.403. The van der Waals surface area contributed by atoms with E-state index in [9.17, 15) is 0 Å². The van der Waals surface area contributed by atoms with Crippen LogP contribution in [0.25, 0.3) is 0 Å². The van der Waals surface area contributed by atoms with E-state index in [0.29, 0.717) is 0 Å². The average Bonchev–Trinajstić information content (AvgIpc) is 2.50. The molecule has 0 heterocycles. The summed E-state index contributed by atoms with van der Waals surface area (Å²) in [4.78, 5) is 0. The van der Waals surface area contributed by atoms with Crippen LogP contribution in [0, 0.1) is 0 Å². The Labute approximate surface area is 129 Å². The molecule has 0 unspecified atom stereocenters. The minimum Gasteiger partial charge on any atom is -0.398 e. The maximum absolute atomic E-state index is 5.66. The number of hydrogen-bond donors (Lipinski definition) is 0. The molecular formula is C15H37NO2Si2. The summed E-state index contributed by atoms with van der Waals surface area (Å²) in [6.45, 7) is 14.1. The van der Waals surface area contributed by atoms with Gasteiger partial charge in [-0.25, -0.2) is 0 Å². The van der Waals surface area contributed by atoms with Gasteiger partial charge in [0.05, 0.1) is 0 Å². The highest BCUT2D eigenvalue weighted by Gasteiger charge is 2.36. The zero-order valence-electron chi connectivity index (χ0n) is 14.9. The molecule has 3 nitrogen and oxygen atoms in total. The van der Waals surface area contributed by atoms with E-state index in [1.54, 1.807) is 14.2 Å². The maximum atomic E-state index is 5.66. The van der Waals surface area contributed by atoms with Crippen molar-refractivity contribution in [2.45, 2.75) is 71.3 Å². The average molecular weight is 320 g/mol. The first-order chi connectivity index (χ1) is 9.47. The van der Waals surface area contributed by atoms with Gasteiger partial charge in [-0.05, 0) is 44.2 Å². The van der Waals surface area contributed by atoms with Crippen molar-refractivity contribution in [3.05, 3.63) is 0 Å². The fourth-order valence-corrected chi connectivity index (χ4v) is 8.52. The van der Waals surface area contributed by atoms with E-state index >= 15 is 0 Å². The number of hydrogen-bond acceptors (Lipinski definition) is 3. The molecule has 5 heteroatoms. The number of rotatable bonds is 12. The second kappa shape index (κ2) is 10.1. The highest BCUT2D eigenvalue weighted by Crippen LogP contribution is 2.27. The van der Waals surface area contributed by atoms with Gasteiger partial charge in [0.25, 0.3) is 0 Å². The van der Waals surface area contributed by atoms with Gasteiger partial charge in [-0.2, -0.15) is 0 Å². The van der Waals surface area contributed by atoms with Crippen molar-refractivity contribution in [3.63, 3.8) is 0 Å². The molecule has 0 rings (SSSR count). The molecule has 0 fully saturated rings. The topological polar surface area (TPSA) is 21.7 Å². The standard InChI is InChI=1S/C15H37NO2Si2/c1-8-12-13-16(20(9-2,10-3)11-4)14-15-19(7,17-5)18-6/h8-15H2,1-7H3. The van der Waals surface area contributed by atoms with Crippen molar-refractivity contribution in [2.24, 2.45) is 0 Å². The first kappa shape index (κ1) is 20.3. The normalized spacial score (nSPS) is 13.2. The van der Waals surface area contributed by atoms with Crippen molar-refractivity contribution in [3.8, 4) is 0 Å². The molecule has 0 aromatic rings. The SMILES string of the molecule is CCCCN(CC[Si](C)(OC)OC)[Si](CC)(CC)CC. The predicted octanol–water partition coefficient (Wildman–Crippen LogP) is 4.46. The molecule has 0 saturated carbocycles. The predicted molar refractivity (Wildman–Crippen MR) is 94.1 cm³/mol. The van der Waals surface area contributed by atoms with Gasteiger partial charge < -0.3 is 13.4 Å². The van der Waals surface area contributed by atoms with Gasteiger partial charge in [-0.3, -0.25) is 0 Å². The molecule has 0 aliphatic rings. The summed E-state index contributed by atoms with van der Waals surface area (Å²) in [6, 6.07) is 5.17. The highest BCUT2D eigenvalue weighted by atomic mass is 28.4. The third-order valence-electron chi connectivity index (χ3n) is 5.13. The van der Waals surface area contributed by atoms with Gasteiger partial charge in [0.15, 0.2) is 0 Å². The Morgan fingerprint density at radius 3 is 1.70 bits per heavy atom. The van der Waals surface area contributed by atoms with Crippen LogP contribution in [0.3, 0.4) is 0 Å². The van der Waals surface area contributed by atoms with E-state index in [4.69, 9.17) is 8.85 Å². The molecule has 0 bridgehead atoms. The van der Waals surface area contributed by atoms with E-state index in [2.05, 4.69) is 38.8 Å². The molecule has 0 aromatic carbocycles. The Hall–Kier alpha value is 0.314. The molecule has 122 valence electrons.